The molecule has 0 aliphatic carbocycles. The Kier molecular flexibility index (Phi) is 5.48. The fourth-order valence-corrected chi connectivity index (χ4v) is 3.77. The first-order chi connectivity index (χ1) is 12.7. The SMILES string of the molecule is CC(C)(C)c1ccc(S(=O)(=O)NCc2ccc(Cn3ccnc3)cc2)cc1. The molecule has 27 heavy (non-hydrogen) atoms. The third-order valence-electron chi connectivity index (χ3n) is 4.44. The molecule has 6 heteroatoms. The highest BCUT2D eigenvalue weighted by atomic mass is 32.2. The van der Waals surface area contributed by atoms with Gasteiger partial charge >= 0.3 is 0 Å². The minimum atomic E-state index is -3.53. The van der Waals surface area contributed by atoms with Gasteiger partial charge in [0.1, 0.15) is 0 Å². The van der Waals surface area contributed by atoms with Crippen LogP contribution < -0.4 is 4.72 Å². The van der Waals surface area contributed by atoms with Crippen LogP contribution in [0, 0.1) is 0 Å². The Bertz CT molecular complexity index is 969. The summed E-state index contributed by atoms with van der Waals surface area (Å²) in [4.78, 5) is 4.31. The van der Waals surface area contributed by atoms with Crippen LogP contribution in [-0.4, -0.2) is 18.0 Å². The molecule has 0 aliphatic rings. The van der Waals surface area contributed by atoms with Gasteiger partial charge in [-0.05, 0) is 34.2 Å². The van der Waals surface area contributed by atoms with E-state index in [0.717, 1.165) is 23.2 Å². The van der Waals surface area contributed by atoms with Crippen molar-refractivity contribution in [3.05, 3.63) is 83.9 Å². The zero-order valence-electron chi connectivity index (χ0n) is 15.9. The number of sulfonamides is 1. The summed E-state index contributed by atoms with van der Waals surface area (Å²) >= 11 is 0. The highest BCUT2D eigenvalue weighted by molar-refractivity contribution is 7.89. The van der Waals surface area contributed by atoms with E-state index in [0.29, 0.717) is 0 Å². The van der Waals surface area contributed by atoms with Crippen molar-refractivity contribution in [1.29, 1.82) is 0 Å². The third-order valence-corrected chi connectivity index (χ3v) is 5.86. The number of hydrogen-bond donors (Lipinski definition) is 1. The summed E-state index contributed by atoms with van der Waals surface area (Å²) < 4.78 is 29.7. The number of benzene rings is 2. The molecule has 0 bridgehead atoms. The lowest BCUT2D eigenvalue weighted by molar-refractivity contribution is 0.578. The van der Waals surface area contributed by atoms with E-state index in [1.807, 2.05) is 47.2 Å². The zero-order valence-corrected chi connectivity index (χ0v) is 16.7. The van der Waals surface area contributed by atoms with Crippen molar-refractivity contribution in [2.24, 2.45) is 0 Å². The maximum atomic E-state index is 12.5. The van der Waals surface area contributed by atoms with E-state index < -0.39 is 10.0 Å². The van der Waals surface area contributed by atoms with Crippen molar-refractivity contribution >= 4 is 10.0 Å². The number of imidazole rings is 1. The Hall–Kier alpha value is -2.44. The number of nitrogens with zero attached hydrogens (tertiary/aromatic N) is 2. The van der Waals surface area contributed by atoms with Crippen LogP contribution >= 0.6 is 0 Å². The summed E-state index contributed by atoms with van der Waals surface area (Å²) in [5.74, 6) is 0. The van der Waals surface area contributed by atoms with Crippen molar-refractivity contribution in [3.8, 4) is 0 Å². The molecular weight excluding hydrogens is 358 g/mol. The maximum Gasteiger partial charge on any atom is 0.240 e. The van der Waals surface area contributed by atoms with Crippen molar-refractivity contribution in [1.82, 2.24) is 14.3 Å². The van der Waals surface area contributed by atoms with Gasteiger partial charge in [-0.25, -0.2) is 18.1 Å². The molecule has 0 amide bonds. The second-order valence-electron chi connectivity index (χ2n) is 7.65. The van der Waals surface area contributed by atoms with Gasteiger partial charge in [0.05, 0.1) is 11.2 Å². The first-order valence-corrected chi connectivity index (χ1v) is 10.4. The van der Waals surface area contributed by atoms with E-state index in [4.69, 9.17) is 0 Å². The molecule has 0 unspecified atom stereocenters. The summed E-state index contributed by atoms with van der Waals surface area (Å²) in [6, 6.07) is 15.0. The van der Waals surface area contributed by atoms with Gasteiger partial charge < -0.3 is 4.57 Å². The summed E-state index contributed by atoms with van der Waals surface area (Å²) in [7, 11) is -3.53. The molecule has 142 valence electrons. The smallest absolute Gasteiger partial charge is 0.240 e. The van der Waals surface area contributed by atoms with Gasteiger partial charge in [-0.3, -0.25) is 0 Å². The molecule has 0 aliphatic heterocycles. The molecule has 1 N–H and O–H groups in total. The predicted molar refractivity (Wildman–Crippen MR) is 107 cm³/mol. The van der Waals surface area contributed by atoms with E-state index >= 15 is 0 Å². The lowest BCUT2D eigenvalue weighted by Gasteiger charge is -2.19. The Balaban J connectivity index is 1.63. The standard InChI is InChI=1S/C21H25N3O2S/c1-21(2,3)19-8-10-20(11-9-19)27(25,26)23-14-17-4-6-18(7-5-17)15-24-13-12-22-16-24/h4-13,16,23H,14-15H2,1-3H3. The molecule has 0 saturated carbocycles. The number of nitrogens with one attached hydrogen (secondary N) is 1. The lowest BCUT2D eigenvalue weighted by Crippen LogP contribution is -2.23. The van der Waals surface area contributed by atoms with Crippen molar-refractivity contribution < 1.29 is 8.42 Å². The van der Waals surface area contributed by atoms with Crippen LogP contribution in [0.2, 0.25) is 0 Å². The topological polar surface area (TPSA) is 64.0 Å². The Labute approximate surface area is 161 Å². The van der Waals surface area contributed by atoms with Gasteiger partial charge in [0.15, 0.2) is 0 Å². The molecule has 0 radical (unpaired) electrons. The van der Waals surface area contributed by atoms with Gasteiger partial charge in [0.25, 0.3) is 0 Å². The van der Waals surface area contributed by atoms with Crippen LogP contribution in [0.4, 0.5) is 0 Å². The van der Waals surface area contributed by atoms with E-state index in [1.165, 1.54) is 0 Å². The highest BCUT2D eigenvalue weighted by Gasteiger charge is 2.17. The third kappa shape index (κ3) is 5.05. The highest BCUT2D eigenvalue weighted by Crippen LogP contribution is 2.23. The second-order valence-corrected chi connectivity index (χ2v) is 9.42. The summed E-state index contributed by atoms with van der Waals surface area (Å²) in [5, 5.41) is 0. The summed E-state index contributed by atoms with van der Waals surface area (Å²) in [6.07, 6.45) is 5.43. The summed E-state index contributed by atoms with van der Waals surface area (Å²) in [6.45, 7) is 7.31. The molecular formula is C21H25N3O2S. The molecule has 2 aromatic carbocycles. The molecule has 0 saturated heterocycles. The first-order valence-electron chi connectivity index (χ1n) is 8.88. The fraction of sp³-hybridized carbons (Fsp3) is 0.286. The number of aromatic nitrogens is 2. The van der Waals surface area contributed by atoms with Crippen molar-refractivity contribution in [2.45, 2.75) is 44.2 Å². The Morgan fingerprint density at radius 1 is 0.963 bits per heavy atom. The van der Waals surface area contributed by atoms with E-state index in [-0.39, 0.29) is 16.9 Å². The zero-order chi connectivity index (χ0) is 19.5. The van der Waals surface area contributed by atoms with Crippen LogP contribution in [0.1, 0.15) is 37.5 Å². The minimum absolute atomic E-state index is 0.00577. The first kappa shape index (κ1) is 19.3. The fourth-order valence-electron chi connectivity index (χ4n) is 2.75. The van der Waals surface area contributed by atoms with Gasteiger partial charge in [-0.15, -0.1) is 0 Å². The molecule has 3 rings (SSSR count). The molecule has 1 aromatic heterocycles. The Morgan fingerprint density at radius 3 is 2.15 bits per heavy atom. The number of rotatable bonds is 6. The average Bonchev–Trinajstić information content (AvgIpc) is 3.14. The molecule has 3 aromatic rings. The average molecular weight is 384 g/mol. The van der Waals surface area contributed by atoms with Crippen LogP contribution in [0.25, 0.3) is 0 Å². The molecule has 1 heterocycles. The minimum Gasteiger partial charge on any atom is -0.333 e. The van der Waals surface area contributed by atoms with E-state index in [2.05, 4.69) is 30.5 Å². The van der Waals surface area contributed by atoms with Gasteiger partial charge in [-0.1, -0.05) is 57.2 Å². The molecule has 0 spiro atoms. The summed E-state index contributed by atoms with van der Waals surface area (Å²) in [5.41, 5.74) is 3.15. The second kappa shape index (κ2) is 7.66. The monoisotopic (exact) mass is 383 g/mol. The molecule has 5 nitrogen and oxygen atoms in total. The molecule has 0 fully saturated rings. The number of hydrogen-bond acceptors (Lipinski definition) is 3. The van der Waals surface area contributed by atoms with Crippen LogP contribution in [0.3, 0.4) is 0 Å². The van der Waals surface area contributed by atoms with Crippen LogP contribution in [-0.2, 0) is 28.5 Å². The largest absolute Gasteiger partial charge is 0.333 e. The predicted octanol–water partition coefficient (Wildman–Crippen LogP) is 3.71. The quantitative estimate of drug-likeness (QED) is 0.706. The van der Waals surface area contributed by atoms with Crippen molar-refractivity contribution in [2.75, 3.05) is 0 Å². The van der Waals surface area contributed by atoms with Crippen LogP contribution in [0.5, 0.6) is 0 Å². The van der Waals surface area contributed by atoms with Gasteiger partial charge in [0.2, 0.25) is 10.0 Å². The molecule has 0 atom stereocenters. The van der Waals surface area contributed by atoms with Crippen molar-refractivity contribution in [3.63, 3.8) is 0 Å². The van der Waals surface area contributed by atoms with Crippen LogP contribution in [0.15, 0.2) is 72.1 Å². The van der Waals surface area contributed by atoms with Gasteiger partial charge in [0, 0.05) is 25.5 Å². The maximum absolute atomic E-state index is 12.5. The van der Waals surface area contributed by atoms with Gasteiger partial charge in [-0.2, -0.15) is 0 Å². The van der Waals surface area contributed by atoms with E-state index in [1.54, 1.807) is 24.7 Å². The Morgan fingerprint density at radius 2 is 1.59 bits per heavy atom. The lowest BCUT2D eigenvalue weighted by atomic mass is 9.87. The van der Waals surface area contributed by atoms with E-state index in [9.17, 15) is 8.42 Å². The normalized spacial score (nSPS) is 12.3.